The first-order valence-electron chi connectivity index (χ1n) is 10.5. The lowest BCUT2D eigenvalue weighted by atomic mass is 10.0. The molecule has 1 aliphatic heterocycles. The number of piperidine rings is 1. The monoisotopic (exact) mass is 426 g/mol. The molecular formula is C23H30N4O4. The Morgan fingerprint density at radius 1 is 1.29 bits per heavy atom. The van der Waals surface area contributed by atoms with Crippen molar-refractivity contribution in [1.82, 2.24) is 15.2 Å². The molecule has 2 aromatic rings. The minimum atomic E-state index is -0.539. The van der Waals surface area contributed by atoms with Crippen molar-refractivity contribution >= 4 is 11.8 Å². The molecule has 1 aliphatic rings. The number of hydrogen-bond donors (Lipinski definition) is 1. The number of nitro benzene ring substituents is 1. The fraction of sp³-hybridized carbons (Fsp3) is 0.478. The summed E-state index contributed by atoms with van der Waals surface area (Å²) in [6.07, 6.45) is 3.14. The first kappa shape index (κ1) is 22.7. The summed E-state index contributed by atoms with van der Waals surface area (Å²) in [5.41, 5.74) is 2.90. The number of carbonyl (C=O) groups excluding carboxylic acids is 1. The van der Waals surface area contributed by atoms with Gasteiger partial charge in [0.25, 0.3) is 5.69 Å². The second kappa shape index (κ2) is 9.43. The van der Waals surface area contributed by atoms with Crippen LogP contribution in [0.4, 0.5) is 10.5 Å². The van der Waals surface area contributed by atoms with Gasteiger partial charge in [-0.3, -0.25) is 20.0 Å². The van der Waals surface area contributed by atoms with E-state index >= 15 is 0 Å². The van der Waals surface area contributed by atoms with E-state index < -0.39 is 11.7 Å². The molecule has 1 atom stereocenters. The summed E-state index contributed by atoms with van der Waals surface area (Å²) in [6, 6.07) is 8.99. The molecule has 0 spiro atoms. The summed E-state index contributed by atoms with van der Waals surface area (Å²) >= 11 is 0. The van der Waals surface area contributed by atoms with E-state index in [0.717, 1.165) is 41.8 Å². The summed E-state index contributed by atoms with van der Waals surface area (Å²) in [4.78, 5) is 29.7. The SMILES string of the molecule is Cc1ccc(-c2cc(CN3CCC[C@H](NC(=O)OC(C)(C)C)C3)cc([N+](=O)[O-])c2)cn1. The number of aromatic nitrogens is 1. The molecular weight excluding hydrogens is 396 g/mol. The third-order valence-corrected chi connectivity index (χ3v) is 5.07. The van der Waals surface area contributed by atoms with Crippen LogP contribution < -0.4 is 5.32 Å². The van der Waals surface area contributed by atoms with Crippen molar-refractivity contribution in [1.29, 1.82) is 0 Å². The lowest BCUT2D eigenvalue weighted by Crippen LogP contribution is -2.48. The van der Waals surface area contributed by atoms with Gasteiger partial charge in [-0.1, -0.05) is 6.07 Å². The lowest BCUT2D eigenvalue weighted by Gasteiger charge is -2.33. The summed E-state index contributed by atoms with van der Waals surface area (Å²) in [5.74, 6) is 0. The quantitative estimate of drug-likeness (QED) is 0.560. The Bertz CT molecular complexity index is 938. The minimum Gasteiger partial charge on any atom is -0.444 e. The molecule has 1 aromatic carbocycles. The maximum Gasteiger partial charge on any atom is 0.407 e. The number of benzene rings is 1. The van der Waals surface area contributed by atoms with Crippen molar-refractivity contribution in [3.63, 3.8) is 0 Å². The van der Waals surface area contributed by atoms with Crippen LogP contribution in [0.25, 0.3) is 11.1 Å². The lowest BCUT2D eigenvalue weighted by molar-refractivity contribution is -0.384. The molecule has 8 heteroatoms. The van der Waals surface area contributed by atoms with Gasteiger partial charge in [-0.15, -0.1) is 0 Å². The molecule has 166 valence electrons. The van der Waals surface area contributed by atoms with Gasteiger partial charge >= 0.3 is 6.09 Å². The van der Waals surface area contributed by atoms with E-state index in [2.05, 4.69) is 15.2 Å². The minimum absolute atomic E-state index is 0.0110. The number of amides is 1. The van der Waals surface area contributed by atoms with Gasteiger partial charge in [0.05, 0.1) is 4.92 Å². The van der Waals surface area contributed by atoms with E-state index in [4.69, 9.17) is 4.74 Å². The zero-order valence-electron chi connectivity index (χ0n) is 18.6. The molecule has 3 rings (SSSR count). The molecule has 0 bridgehead atoms. The Morgan fingerprint density at radius 2 is 2.06 bits per heavy atom. The van der Waals surface area contributed by atoms with Crippen molar-refractivity contribution in [2.45, 2.75) is 58.7 Å². The fourth-order valence-electron chi connectivity index (χ4n) is 3.73. The third-order valence-electron chi connectivity index (χ3n) is 5.07. The molecule has 1 saturated heterocycles. The number of alkyl carbamates (subject to hydrolysis) is 1. The molecule has 0 saturated carbocycles. The molecule has 2 heterocycles. The van der Waals surface area contributed by atoms with E-state index in [-0.39, 0.29) is 16.7 Å². The third kappa shape index (κ3) is 6.75. The van der Waals surface area contributed by atoms with Crippen LogP contribution in [0.2, 0.25) is 0 Å². The van der Waals surface area contributed by atoms with Crippen LogP contribution >= 0.6 is 0 Å². The summed E-state index contributed by atoms with van der Waals surface area (Å²) in [5, 5.41) is 14.4. The van der Waals surface area contributed by atoms with Gasteiger partial charge in [0.1, 0.15) is 5.60 Å². The number of carbonyl (C=O) groups is 1. The van der Waals surface area contributed by atoms with Crippen molar-refractivity contribution in [3.8, 4) is 11.1 Å². The standard InChI is InChI=1S/C23H30N4O4/c1-16-7-8-18(13-24-16)19-10-17(11-21(12-19)27(29)30)14-26-9-5-6-20(15-26)25-22(28)31-23(2,3)4/h7-8,10-13,20H,5-6,9,14-15H2,1-4H3,(H,25,28)/t20-/m0/s1. The smallest absolute Gasteiger partial charge is 0.407 e. The van der Waals surface area contributed by atoms with E-state index in [1.165, 1.54) is 0 Å². The average molecular weight is 427 g/mol. The van der Waals surface area contributed by atoms with E-state index in [1.807, 2.05) is 45.9 Å². The highest BCUT2D eigenvalue weighted by Crippen LogP contribution is 2.27. The van der Waals surface area contributed by atoms with E-state index in [0.29, 0.717) is 13.1 Å². The van der Waals surface area contributed by atoms with E-state index in [1.54, 1.807) is 18.3 Å². The number of nitrogens with one attached hydrogen (secondary N) is 1. The topological polar surface area (TPSA) is 97.6 Å². The first-order chi connectivity index (χ1) is 14.6. The first-order valence-corrected chi connectivity index (χ1v) is 10.5. The Balaban J connectivity index is 1.73. The van der Waals surface area contributed by atoms with Gasteiger partial charge in [-0.25, -0.2) is 4.79 Å². The maximum absolute atomic E-state index is 12.1. The summed E-state index contributed by atoms with van der Waals surface area (Å²) in [7, 11) is 0. The Morgan fingerprint density at radius 3 is 2.71 bits per heavy atom. The maximum atomic E-state index is 12.1. The molecule has 0 unspecified atom stereocenters. The van der Waals surface area contributed by atoms with Gasteiger partial charge in [0.15, 0.2) is 0 Å². The van der Waals surface area contributed by atoms with Crippen LogP contribution in [-0.4, -0.2) is 45.6 Å². The number of ether oxygens (including phenoxy) is 1. The Hall–Kier alpha value is -3.00. The number of hydrogen-bond acceptors (Lipinski definition) is 6. The highest BCUT2D eigenvalue weighted by molar-refractivity contribution is 5.68. The molecule has 0 radical (unpaired) electrons. The van der Waals surface area contributed by atoms with Gasteiger partial charge < -0.3 is 10.1 Å². The van der Waals surface area contributed by atoms with Crippen LogP contribution in [0.3, 0.4) is 0 Å². The molecule has 1 fully saturated rings. The van der Waals surface area contributed by atoms with Gasteiger partial charge in [-0.05, 0) is 70.3 Å². The van der Waals surface area contributed by atoms with E-state index in [9.17, 15) is 14.9 Å². The molecule has 0 aliphatic carbocycles. The van der Waals surface area contributed by atoms with Crippen molar-refractivity contribution < 1.29 is 14.5 Å². The predicted octanol–water partition coefficient (Wildman–Crippen LogP) is 4.45. The molecule has 31 heavy (non-hydrogen) atoms. The number of pyridine rings is 1. The van der Waals surface area contributed by atoms with Crippen LogP contribution in [0.1, 0.15) is 44.9 Å². The van der Waals surface area contributed by atoms with Crippen LogP contribution in [-0.2, 0) is 11.3 Å². The second-order valence-electron chi connectivity index (χ2n) is 9.05. The van der Waals surface area contributed by atoms with Crippen molar-refractivity contribution in [3.05, 3.63) is 57.9 Å². The highest BCUT2D eigenvalue weighted by Gasteiger charge is 2.24. The number of rotatable bonds is 5. The van der Waals surface area contributed by atoms with Crippen LogP contribution in [0.15, 0.2) is 36.5 Å². The zero-order valence-corrected chi connectivity index (χ0v) is 18.6. The zero-order chi connectivity index (χ0) is 22.6. The average Bonchev–Trinajstić information content (AvgIpc) is 2.67. The number of non-ortho nitro benzene ring substituents is 1. The number of aryl methyl sites for hydroxylation is 1. The fourth-order valence-corrected chi connectivity index (χ4v) is 3.73. The van der Waals surface area contributed by atoms with Crippen molar-refractivity contribution in [2.75, 3.05) is 13.1 Å². The number of nitro groups is 1. The van der Waals surface area contributed by atoms with Crippen molar-refractivity contribution in [2.24, 2.45) is 0 Å². The van der Waals surface area contributed by atoms with Crippen LogP contribution in [0.5, 0.6) is 0 Å². The van der Waals surface area contributed by atoms with Crippen LogP contribution in [0, 0.1) is 17.0 Å². The van der Waals surface area contributed by atoms with Gasteiger partial charge in [0.2, 0.25) is 0 Å². The molecule has 1 amide bonds. The summed E-state index contributed by atoms with van der Waals surface area (Å²) < 4.78 is 5.36. The summed E-state index contributed by atoms with van der Waals surface area (Å²) in [6.45, 7) is 9.52. The van der Waals surface area contributed by atoms with Gasteiger partial charge in [0, 0.05) is 48.7 Å². The molecule has 1 N–H and O–H groups in total. The van der Waals surface area contributed by atoms with Gasteiger partial charge in [-0.2, -0.15) is 0 Å². The normalized spacial score (nSPS) is 17.2. The molecule has 1 aromatic heterocycles. The predicted molar refractivity (Wildman–Crippen MR) is 119 cm³/mol. The molecule has 8 nitrogen and oxygen atoms in total. The number of nitrogens with zero attached hydrogens (tertiary/aromatic N) is 3. The highest BCUT2D eigenvalue weighted by atomic mass is 16.6. The number of likely N-dealkylation sites (tertiary alicyclic amines) is 1. The largest absolute Gasteiger partial charge is 0.444 e. The Kier molecular flexibility index (Phi) is 6.90. The second-order valence-corrected chi connectivity index (χ2v) is 9.05. The Labute approximate surface area is 182 Å².